The molecule has 0 aromatic heterocycles. The van der Waals surface area contributed by atoms with Crippen LogP contribution in [0.1, 0.15) is 30.9 Å². The highest BCUT2D eigenvalue weighted by Gasteiger charge is 2.14. The van der Waals surface area contributed by atoms with Gasteiger partial charge in [0.05, 0.1) is 0 Å². The molecule has 2 aromatic rings. The number of hydrogen-bond acceptors (Lipinski definition) is 2. The van der Waals surface area contributed by atoms with Crippen molar-refractivity contribution >= 4 is 12.4 Å². The van der Waals surface area contributed by atoms with Crippen LogP contribution in [0.5, 0.6) is 11.5 Å². The van der Waals surface area contributed by atoms with E-state index in [4.69, 9.17) is 4.74 Å². The highest BCUT2D eigenvalue weighted by atomic mass is 35.5. The average Bonchev–Trinajstić information content (AvgIpc) is 2.50. The lowest BCUT2D eigenvalue weighted by Crippen LogP contribution is -2.26. The number of ether oxygens (including phenoxy) is 1. The fourth-order valence-electron chi connectivity index (χ4n) is 2.53. The van der Waals surface area contributed by atoms with Crippen LogP contribution in [0.2, 0.25) is 0 Å². The molecular weight excluding hydrogens is 270 g/mol. The van der Waals surface area contributed by atoms with Gasteiger partial charge in [-0.1, -0.05) is 36.8 Å². The summed E-state index contributed by atoms with van der Waals surface area (Å²) in [7, 11) is 0. The van der Waals surface area contributed by atoms with E-state index in [0.717, 1.165) is 18.0 Å². The van der Waals surface area contributed by atoms with Crippen molar-refractivity contribution in [1.29, 1.82) is 0 Å². The molecule has 0 amide bonds. The predicted octanol–water partition coefficient (Wildman–Crippen LogP) is 4.72. The zero-order chi connectivity index (χ0) is 12.9. The highest BCUT2D eigenvalue weighted by molar-refractivity contribution is 5.85. The Labute approximate surface area is 126 Å². The lowest BCUT2D eigenvalue weighted by Gasteiger charge is -2.23. The van der Waals surface area contributed by atoms with E-state index in [9.17, 15) is 0 Å². The first-order valence-electron chi connectivity index (χ1n) is 6.98. The standard InChI is InChI=1S/C17H19NO.ClH/c1-2-6-15(7-3-1)19-16-11-9-14(10-12-16)17-8-4-5-13-18-17;/h1-3,6-7,9-12,17-18H,4-5,8,13H2;1H/t17-;/m0./s1. The molecule has 2 nitrogen and oxygen atoms in total. The summed E-state index contributed by atoms with van der Waals surface area (Å²) in [4.78, 5) is 0. The number of benzene rings is 2. The van der Waals surface area contributed by atoms with Gasteiger partial charge in [-0.25, -0.2) is 0 Å². The third-order valence-corrected chi connectivity index (χ3v) is 3.57. The van der Waals surface area contributed by atoms with E-state index in [0.29, 0.717) is 6.04 Å². The van der Waals surface area contributed by atoms with Crippen molar-refractivity contribution in [2.24, 2.45) is 0 Å². The number of hydrogen-bond donors (Lipinski definition) is 1. The van der Waals surface area contributed by atoms with Gasteiger partial charge in [0.2, 0.25) is 0 Å². The average molecular weight is 290 g/mol. The molecule has 1 N–H and O–H groups in total. The maximum atomic E-state index is 5.80. The summed E-state index contributed by atoms with van der Waals surface area (Å²) in [5.41, 5.74) is 1.36. The van der Waals surface area contributed by atoms with Gasteiger partial charge >= 0.3 is 0 Å². The summed E-state index contributed by atoms with van der Waals surface area (Å²) >= 11 is 0. The lowest BCUT2D eigenvalue weighted by molar-refractivity contribution is 0.411. The normalized spacial score (nSPS) is 18.1. The van der Waals surface area contributed by atoms with Gasteiger partial charge in [0.15, 0.2) is 0 Å². The molecular formula is C17H20ClNO. The Balaban J connectivity index is 0.00000147. The van der Waals surface area contributed by atoms with Gasteiger partial charge in [0, 0.05) is 6.04 Å². The minimum Gasteiger partial charge on any atom is -0.457 e. The summed E-state index contributed by atoms with van der Waals surface area (Å²) in [6, 6.07) is 18.8. The van der Waals surface area contributed by atoms with Gasteiger partial charge in [-0.05, 0) is 49.2 Å². The van der Waals surface area contributed by atoms with Crippen LogP contribution < -0.4 is 10.1 Å². The van der Waals surface area contributed by atoms with Gasteiger partial charge in [0.1, 0.15) is 11.5 Å². The van der Waals surface area contributed by atoms with E-state index >= 15 is 0 Å². The van der Waals surface area contributed by atoms with E-state index in [1.807, 2.05) is 30.3 Å². The molecule has 3 heteroatoms. The quantitative estimate of drug-likeness (QED) is 0.883. The number of rotatable bonds is 3. The Morgan fingerprint density at radius 3 is 2.20 bits per heavy atom. The van der Waals surface area contributed by atoms with Crippen molar-refractivity contribution in [2.45, 2.75) is 25.3 Å². The first-order valence-corrected chi connectivity index (χ1v) is 6.98. The SMILES string of the molecule is Cl.c1ccc(Oc2ccc([C@@H]3CCCCN3)cc2)cc1. The molecule has 0 radical (unpaired) electrons. The minimum absolute atomic E-state index is 0. The van der Waals surface area contributed by atoms with E-state index in [-0.39, 0.29) is 12.4 Å². The topological polar surface area (TPSA) is 21.3 Å². The Bertz CT molecular complexity index is 506. The Hall–Kier alpha value is -1.51. The first kappa shape index (κ1) is 14.9. The number of nitrogens with one attached hydrogen (secondary N) is 1. The van der Waals surface area contributed by atoms with Crippen molar-refractivity contribution in [1.82, 2.24) is 5.32 Å². The van der Waals surface area contributed by atoms with Crippen molar-refractivity contribution < 1.29 is 4.74 Å². The van der Waals surface area contributed by atoms with Crippen LogP contribution >= 0.6 is 12.4 Å². The van der Waals surface area contributed by atoms with Crippen LogP contribution in [0, 0.1) is 0 Å². The second-order valence-corrected chi connectivity index (χ2v) is 4.99. The van der Waals surface area contributed by atoms with E-state index in [2.05, 4.69) is 29.6 Å². The van der Waals surface area contributed by atoms with E-state index in [1.54, 1.807) is 0 Å². The van der Waals surface area contributed by atoms with Gasteiger partial charge < -0.3 is 10.1 Å². The fourth-order valence-corrected chi connectivity index (χ4v) is 2.53. The second kappa shape index (κ2) is 7.32. The Morgan fingerprint density at radius 2 is 1.55 bits per heavy atom. The zero-order valence-corrected chi connectivity index (χ0v) is 12.2. The lowest BCUT2D eigenvalue weighted by atomic mass is 9.98. The largest absolute Gasteiger partial charge is 0.457 e. The zero-order valence-electron chi connectivity index (χ0n) is 11.4. The summed E-state index contributed by atoms with van der Waals surface area (Å²) in [6.45, 7) is 1.13. The number of para-hydroxylation sites is 1. The van der Waals surface area contributed by atoms with Crippen LogP contribution in [0.3, 0.4) is 0 Å². The molecule has 1 heterocycles. The van der Waals surface area contributed by atoms with Crippen LogP contribution in [0.25, 0.3) is 0 Å². The molecule has 0 aliphatic carbocycles. The van der Waals surface area contributed by atoms with Crippen LogP contribution in [-0.2, 0) is 0 Å². The molecule has 20 heavy (non-hydrogen) atoms. The molecule has 106 valence electrons. The molecule has 1 atom stereocenters. The van der Waals surface area contributed by atoms with Crippen molar-refractivity contribution in [3.63, 3.8) is 0 Å². The Kier molecular flexibility index (Phi) is 5.45. The van der Waals surface area contributed by atoms with Crippen LogP contribution in [0.4, 0.5) is 0 Å². The maximum absolute atomic E-state index is 5.80. The smallest absolute Gasteiger partial charge is 0.127 e. The second-order valence-electron chi connectivity index (χ2n) is 4.99. The molecule has 1 fully saturated rings. The maximum Gasteiger partial charge on any atom is 0.127 e. The summed E-state index contributed by atoms with van der Waals surface area (Å²) in [5.74, 6) is 1.77. The molecule has 2 aromatic carbocycles. The molecule has 1 aliphatic rings. The van der Waals surface area contributed by atoms with Gasteiger partial charge in [-0.2, -0.15) is 0 Å². The number of halogens is 1. The van der Waals surface area contributed by atoms with Crippen molar-refractivity contribution in [3.8, 4) is 11.5 Å². The van der Waals surface area contributed by atoms with Gasteiger partial charge in [0.25, 0.3) is 0 Å². The third-order valence-electron chi connectivity index (χ3n) is 3.57. The first-order chi connectivity index (χ1) is 9.42. The minimum atomic E-state index is 0. The molecule has 0 spiro atoms. The van der Waals surface area contributed by atoms with E-state index in [1.165, 1.54) is 24.8 Å². The summed E-state index contributed by atoms with van der Waals surface area (Å²) < 4.78 is 5.80. The highest BCUT2D eigenvalue weighted by Crippen LogP contribution is 2.26. The van der Waals surface area contributed by atoms with E-state index < -0.39 is 0 Å². The van der Waals surface area contributed by atoms with Crippen LogP contribution in [-0.4, -0.2) is 6.54 Å². The molecule has 1 aliphatic heterocycles. The van der Waals surface area contributed by atoms with Crippen molar-refractivity contribution in [3.05, 3.63) is 60.2 Å². The van der Waals surface area contributed by atoms with Crippen LogP contribution in [0.15, 0.2) is 54.6 Å². The monoisotopic (exact) mass is 289 g/mol. The number of piperidine rings is 1. The third kappa shape index (κ3) is 3.75. The fraction of sp³-hybridized carbons (Fsp3) is 0.294. The Morgan fingerprint density at radius 1 is 0.850 bits per heavy atom. The summed E-state index contributed by atoms with van der Waals surface area (Å²) in [6.07, 6.45) is 3.85. The molecule has 0 unspecified atom stereocenters. The van der Waals surface area contributed by atoms with Crippen molar-refractivity contribution in [2.75, 3.05) is 6.54 Å². The predicted molar refractivity (Wildman–Crippen MR) is 84.8 cm³/mol. The molecule has 0 saturated carbocycles. The molecule has 1 saturated heterocycles. The molecule has 3 rings (SSSR count). The summed E-state index contributed by atoms with van der Waals surface area (Å²) in [5, 5.41) is 3.56. The van der Waals surface area contributed by atoms with Gasteiger partial charge in [-0.3, -0.25) is 0 Å². The van der Waals surface area contributed by atoms with Gasteiger partial charge in [-0.15, -0.1) is 12.4 Å². The molecule has 0 bridgehead atoms.